The Morgan fingerprint density at radius 3 is 2.72 bits per heavy atom. The number of fused-ring (bicyclic) bond motifs is 2. The van der Waals surface area contributed by atoms with Gasteiger partial charge in [0, 0.05) is 42.1 Å². The molecule has 2 bridgehead atoms. The normalized spacial score (nSPS) is 28.5. The molecule has 100 valence electrons. The average molecular weight is 266 g/mol. The molecule has 3 rings (SSSR count). The SMILES string of the molecule is CC(C)(C)c1nsc(N2CCC3CCC(C2)N3)n1. The highest BCUT2D eigenvalue weighted by Crippen LogP contribution is 2.28. The smallest absolute Gasteiger partial charge is 0.205 e. The Labute approximate surface area is 113 Å². The van der Waals surface area contributed by atoms with Crippen LogP contribution in [0.15, 0.2) is 0 Å². The summed E-state index contributed by atoms with van der Waals surface area (Å²) in [5.74, 6) is 0.977. The van der Waals surface area contributed by atoms with Crippen molar-refractivity contribution in [2.45, 2.75) is 57.5 Å². The molecule has 2 unspecified atom stereocenters. The molecule has 4 nitrogen and oxygen atoms in total. The molecule has 18 heavy (non-hydrogen) atoms. The second-order valence-corrected chi connectivity index (χ2v) is 7.25. The van der Waals surface area contributed by atoms with Crippen LogP contribution in [-0.4, -0.2) is 34.5 Å². The summed E-state index contributed by atoms with van der Waals surface area (Å²) in [6.45, 7) is 8.72. The third-order valence-corrected chi connectivity index (χ3v) is 4.66. The van der Waals surface area contributed by atoms with E-state index >= 15 is 0 Å². The topological polar surface area (TPSA) is 41.1 Å². The zero-order chi connectivity index (χ0) is 12.8. The zero-order valence-corrected chi connectivity index (χ0v) is 12.3. The van der Waals surface area contributed by atoms with Crippen LogP contribution >= 0.6 is 11.5 Å². The van der Waals surface area contributed by atoms with E-state index in [-0.39, 0.29) is 5.41 Å². The molecule has 2 aliphatic heterocycles. The van der Waals surface area contributed by atoms with E-state index in [0.717, 1.165) is 30.1 Å². The Morgan fingerprint density at radius 1 is 1.22 bits per heavy atom. The average Bonchev–Trinajstić information content (AvgIpc) is 2.85. The van der Waals surface area contributed by atoms with Crippen molar-refractivity contribution in [1.82, 2.24) is 14.7 Å². The van der Waals surface area contributed by atoms with Crippen molar-refractivity contribution in [1.29, 1.82) is 0 Å². The minimum atomic E-state index is 0.0534. The minimum absolute atomic E-state index is 0.0534. The van der Waals surface area contributed by atoms with Crippen LogP contribution in [-0.2, 0) is 5.41 Å². The summed E-state index contributed by atoms with van der Waals surface area (Å²) in [7, 11) is 0. The molecule has 1 N–H and O–H groups in total. The van der Waals surface area contributed by atoms with Gasteiger partial charge >= 0.3 is 0 Å². The molecule has 2 saturated heterocycles. The maximum atomic E-state index is 4.74. The van der Waals surface area contributed by atoms with Crippen molar-refractivity contribution in [2.75, 3.05) is 18.0 Å². The predicted molar refractivity (Wildman–Crippen MR) is 75.4 cm³/mol. The molecule has 1 aromatic rings. The maximum Gasteiger partial charge on any atom is 0.205 e. The van der Waals surface area contributed by atoms with Crippen LogP contribution in [0.2, 0.25) is 0 Å². The van der Waals surface area contributed by atoms with Gasteiger partial charge in [-0.05, 0) is 19.3 Å². The van der Waals surface area contributed by atoms with Gasteiger partial charge in [-0.25, -0.2) is 4.98 Å². The fourth-order valence-electron chi connectivity index (χ4n) is 2.77. The van der Waals surface area contributed by atoms with Crippen LogP contribution in [0, 0.1) is 0 Å². The minimum Gasteiger partial charge on any atom is -0.345 e. The Balaban J connectivity index is 1.76. The predicted octanol–water partition coefficient (Wildman–Crippen LogP) is 2.17. The van der Waals surface area contributed by atoms with Gasteiger partial charge in [0.15, 0.2) is 0 Å². The molecule has 0 amide bonds. The number of rotatable bonds is 1. The second kappa shape index (κ2) is 4.46. The lowest BCUT2D eigenvalue weighted by molar-refractivity contribution is 0.552. The quantitative estimate of drug-likeness (QED) is 0.846. The van der Waals surface area contributed by atoms with Crippen LogP contribution < -0.4 is 10.2 Å². The molecule has 0 radical (unpaired) electrons. The first-order chi connectivity index (χ1) is 8.52. The van der Waals surface area contributed by atoms with Crippen molar-refractivity contribution >= 4 is 16.7 Å². The van der Waals surface area contributed by atoms with Gasteiger partial charge in [0.05, 0.1) is 0 Å². The summed E-state index contributed by atoms with van der Waals surface area (Å²) in [6.07, 6.45) is 3.90. The van der Waals surface area contributed by atoms with E-state index in [2.05, 4.69) is 35.4 Å². The van der Waals surface area contributed by atoms with Crippen molar-refractivity contribution in [3.63, 3.8) is 0 Å². The van der Waals surface area contributed by atoms with Crippen LogP contribution in [0.3, 0.4) is 0 Å². The molecule has 0 spiro atoms. The van der Waals surface area contributed by atoms with Crippen molar-refractivity contribution in [3.8, 4) is 0 Å². The zero-order valence-electron chi connectivity index (χ0n) is 11.4. The highest BCUT2D eigenvalue weighted by atomic mass is 32.1. The molecular weight excluding hydrogens is 244 g/mol. The lowest BCUT2D eigenvalue weighted by Crippen LogP contribution is -2.35. The Hall–Kier alpha value is -0.680. The lowest BCUT2D eigenvalue weighted by atomic mass is 9.96. The fraction of sp³-hybridized carbons (Fsp3) is 0.846. The van der Waals surface area contributed by atoms with Crippen LogP contribution in [0.4, 0.5) is 5.13 Å². The van der Waals surface area contributed by atoms with Crippen molar-refractivity contribution in [3.05, 3.63) is 5.82 Å². The summed E-state index contributed by atoms with van der Waals surface area (Å²) in [5, 5.41) is 4.81. The Bertz CT molecular complexity index is 423. The van der Waals surface area contributed by atoms with E-state index in [9.17, 15) is 0 Å². The number of anilines is 1. The molecule has 1 aromatic heterocycles. The molecule has 0 aliphatic carbocycles. The fourth-order valence-corrected chi connectivity index (χ4v) is 3.66. The van der Waals surface area contributed by atoms with E-state index in [4.69, 9.17) is 4.98 Å². The summed E-state index contributed by atoms with van der Waals surface area (Å²) in [4.78, 5) is 7.16. The molecule has 2 aliphatic rings. The monoisotopic (exact) mass is 266 g/mol. The standard InChI is InChI=1S/C13H22N4S/c1-13(2,3)11-15-12(18-16-11)17-7-6-9-4-5-10(8-17)14-9/h9-10,14H,4-8H2,1-3H3. The van der Waals surface area contributed by atoms with Gasteiger partial charge in [-0.15, -0.1) is 0 Å². The van der Waals surface area contributed by atoms with Gasteiger partial charge in [0.1, 0.15) is 5.82 Å². The van der Waals surface area contributed by atoms with E-state index in [1.807, 2.05) is 0 Å². The molecule has 2 fully saturated rings. The van der Waals surface area contributed by atoms with Gasteiger partial charge in [0.25, 0.3) is 0 Å². The highest BCUT2D eigenvalue weighted by molar-refractivity contribution is 7.09. The molecular formula is C13H22N4S. The lowest BCUT2D eigenvalue weighted by Gasteiger charge is -2.23. The van der Waals surface area contributed by atoms with Crippen LogP contribution in [0.25, 0.3) is 0 Å². The number of hydrogen-bond acceptors (Lipinski definition) is 5. The van der Waals surface area contributed by atoms with Crippen LogP contribution in [0.1, 0.15) is 45.9 Å². The molecule has 0 saturated carbocycles. The number of aromatic nitrogens is 2. The Kier molecular flexibility index (Phi) is 3.06. The molecule has 2 atom stereocenters. The number of hydrogen-bond donors (Lipinski definition) is 1. The highest BCUT2D eigenvalue weighted by Gasteiger charge is 2.31. The molecule has 0 aromatic carbocycles. The van der Waals surface area contributed by atoms with Crippen molar-refractivity contribution < 1.29 is 0 Å². The summed E-state index contributed by atoms with van der Waals surface area (Å²) in [5.41, 5.74) is 0.0534. The van der Waals surface area contributed by atoms with E-state index in [1.54, 1.807) is 11.5 Å². The van der Waals surface area contributed by atoms with E-state index < -0.39 is 0 Å². The molecule has 3 heterocycles. The van der Waals surface area contributed by atoms with E-state index in [0.29, 0.717) is 6.04 Å². The number of nitrogens with one attached hydrogen (secondary N) is 1. The maximum absolute atomic E-state index is 4.74. The first kappa shape index (κ1) is 12.4. The first-order valence-corrected chi connectivity index (χ1v) is 7.65. The van der Waals surface area contributed by atoms with Gasteiger partial charge in [0.2, 0.25) is 5.13 Å². The van der Waals surface area contributed by atoms with Crippen molar-refractivity contribution in [2.24, 2.45) is 0 Å². The Morgan fingerprint density at radius 2 is 2.00 bits per heavy atom. The third kappa shape index (κ3) is 2.38. The number of nitrogens with zero attached hydrogens (tertiary/aromatic N) is 3. The van der Waals surface area contributed by atoms with Gasteiger partial charge < -0.3 is 10.2 Å². The second-order valence-electron chi connectivity index (χ2n) is 6.52. The first-order valence-electron chi connectivity index (χ1n) is 6.87. The van der Waals surface area contributed by atoms with E-state index in [1.165, 1.54) is 19.3 Å². The summed E-state index contributed by atoms with van der Waals surface area (Å²) in [6, 6.07) is 1.38. The molecule has 5 heteroatoms. The van der Waals surface area contributed by atoms with Gasteiger partial charge in [-0.1, -0.05) is 20.8 Å². The largest absolute Gasteiger partial charge is 0.345 e. The summed E-state index contributed by atoms with van der Waals surface area (Å²) < 4.78 is 4.52. The van der Waals surface area contributed by atoms with Gasteiger partial charge in [-0.2, -0.15) is 4.37 Å². The van der Waals surface area contributed by atoms with Crippen LogP contribution in [0.5, 0.6) is 0 Å². The third-order valence-electron chi connectivity index (χ3n) is 3.88. The van der Waals surface area contributed by atoms with Gasteiger partial charge in [-0.3, -0.25) is 0 Å². The summed E-state index contributed by atoms with van der Waals surface area (Å²) >= 11 is 1.56.